The first-order valence-electron chi connectivity index (χ1n) is 15.6. The zero-order chi connectivity index (χ0) is 32.3. The number of sulfonamides is 1. The smallest absolute Gasteiger partial charge is 0.303 e. The minimum absolute atomic E-state index is 0.0806. The molecule has 246 valence electrons. The molecule has 0 bridgehead atoms. The number of aliphatic carboxylic acids is 1. The largest absolute Gasteiger partial charge is 0.481 e. The van der Waals surface area contributed by atoms with Crippen LogP contribution in [0.25, 0.3) is 0 Å². The lowest BCUT2D eigenvalue weighted by Crippen LogP contribution is -2.59. The van der Waals surface area contributed by atoms with E-state index in [2.05, 4.69) is 34.2 Å². The number of aryl methyl sites for hydroxylation is 1. The molecule has 8 N–H and O–H groups in total. The van der Waals surface area contributed by atoms with Crippen molar-refractivity contribution >= 4 is 39.5 Å². The number of nitrogens with one attached hydrogen (secondary N) is 3. The molecule has 2 amide bonds. The van der Waals surface area contributed by atoms with Crippen LogP contribution in [-0.4, -0.2) is 80.4 Å². The number of carboxylic acid groups (broad SMARTS) is 1. The zero-order valence-corrected chi connectivity index (χ0v) is 26.7. The Labute approximate surface area is 260 Å². The molecule has 0 saturated carbocycles. The Hall–Kier alpha value is -3.39. The minimum Gasteiger partial charge on any atom is -0.481 e. The molecule has 0 radical (unpaired) electrons. The number of amides is 2. The van der Waals surface area contributed by atoms with Crippen molar-refractivity contribution in [3.63, 3.8) is 0 Å². The van der Waals surface area contributed by atoms with Crippen LogP contribution in [0.15, 0.2) is 28.1 Å². The summed E-state index contributed by atoms with van der Waals surface area (Å²) in [5.74, 6) is -1.15. The average Bonchev–Trinajstić information content (AvgIpc) is 2.98. The van der Waals surface area contributed by atoms with Crippen LogP contribution in [0.2, 0.25) is 0 Å². The first-order valence-corrected chi connectivity index (χ1v) is 17.1. The van der Waals surface area contributed by atoms with Gasteiger partial charge in [-0.05, 0) is 74.8 Å². The van der Waals surface area contributed by atoms with Crippen molar-refractivity contribution in [1.82, 2.24) is 14.9 Å². The van der Waals surface area contributed by atoms with Crippen LogP contribution in [0.3, 0.4) is 0 Å². The molecule has 2 aliphatic heterocycles. The number of nitrogens with zero attached hydrogens (tertiary/aromatic N) is 2. The number of carbonyl (C=O) groups is 3. The summed E-state index contributed by atoms with van der Waals surface area (Å²) in [5, 5.41) is 15.0. The van der Waals surface area contributed by atoms with Gasteiger partial charge in [0, 0.05) is 32.6 Å². The number of unbranched alkanes of at least 4 members (excludes halogenated alkanes) is 2. The Morgan fingerprint density at radius 1 is 1.16 bits per heavy atom. The second-order valence-corrected chi connectivity index (χ2v) is 13.7. The van der Waals surface area contributed by atoms with E-state index < -0.39 is 34.0 Å². The highest BCUT2D eigenvalue weighted by Gasteiger charge is 2.40. The number of anilines is 1. The zero-order valence-electron chi connectivity index (χ0n) is 25.9. The molecule has 3 unspecified atom stereocenters. The van der Waals surface area contributed by atoms with Gasteiger partial charge in [-0.3, -0.25) is 19.4 Å². The van der Waals surface area contributed by atoms with Crippen LogP contribution in [0.1, 0.15) is 77.2 Å². The molecule has 2 aliphatic rings. The van der Waals surface area contributed by atoms with Crippen molar-refractivity contribution < 1.29 is 27.9 Å². The summed E-state index contributed by atoms with van der Waals surface area (Å²) in [6.07, 6.45) is 5.19. The fraction of sp³-hybridized carbons (Fsp3) is 0.667. The van der Waals surface area contributed by atoms with Gasteiger partial charge in [-0.25, -0.2) is 8.42 Å². The summed E-state index contributed by atoms with van der Waals surface area (Å²) in [7, 11) is -4.12. The summed E-state index contributed by atoms with van der Waals surface area (Å²) in [6.45, 7) is 5.75. The maximum Gasteiger partial charge on any atom is 0.303 e. The molecule has 1 fully saturated rings. The first kappa shape index (κ1) is 35.1. The van der Waals surface area contributed by atoms with E-state index >= 15 is 0 Å². The Balaban J connectivity index is 1.81. The fourth-order valence-corrected chi connectivity index (χ4v) is 7.36. The molecular weight excluding hydrogens is 586 g/mol. The molecule has 0 aromatic heterocycles. The number of aliphatic imine (C=N–C) groups is 1. The van der Waals surface area contributed by atoms with Crippen molar-refractivity contribution in [3.05, 3.63) is 23.8 Å². The monoisotopic (exact) mass is 635 g/mol. The van der Waals surface area contributed by atoms with E-state index in [4.69, 9.17) is 16.6 Å². The van der Waals surface area contributed by atoms with E-state index in [0.717, 1.165) is 18.4 Å². The quantitative estimate of drug-likeness (QED) is 0.0887. The molecule has 3 rings (SSSR count). The van der Waals surface area contributed by atoms with Crippen LogP contribution in [0.5, 0.6) is 0 Å². The fourth-order valence-electron chi connectivity index (χ4n) is 5.91. The molecule has 1 aromatic rings. The molecule has 14 heteroatoms. The lowest BCUT2D eigenvalue weighted by atomic mass is 9.82. The van der Waals surface area contributed by atoms with Gasteiger partial charge in [0.25, 0.3) is 0 Å². The second-order valence-electron chi connectivity index (χ2n) is 12.0. The Bertz CT molecular complexity index is 1280. The summed E-state index contributed by atoms with van der Waals surface area (Å²) >= 11 is 0. The topological polar surface area (TPSA) is 209 Å². The number of likely N-dealkylation sites (tertiary alicyclic amines) is 1. The molecule has 1 saturated heterocycles. The van der Waals surface area contributed by atoms with Crippen LogP contribution < -0.4 is 26.8 Å². The predicted octanol–water partition coefficient (Wildman–Crippen LogP) is 1.77. The third-order valence-corrected chi connectivity index (χ3v) is 9.92. The summed E-state index contributed by atoms with van der Waals surface area (Å²) < 4.78 is 30.2. The lowest BCUT2D eigenvalue weighted by molar-refractivity contribution is -0.145. The van der Waals surface area contributed by atoms with Gasteiger partial charge in [0.2, 0.25) is 21.8 Å². The van der Waals surface area contributed by atoms with Crippen LogP contribution in [0.4, 0.5) is 5.69 Å². The Morgan fingerprint density at radius 2 is 1.93 bits per heavy atom. The lowest BCUT2D eigenvalue weighted by Gasteiger charge is -2.41. The van der Waals surface area contributed by atoms with E-state index in [9.17, 15) is 22.8 Å². The SMILES string of the molecule is CC(C)C1CCN(C(=O)C(CCCN=C(N)N)NS(=O)(=O)c2cccc3c2NCCC3)C(C(=O)NCCCCCC(=O)O)C1. The van der Waals surface area contributed by atoms with E-state index in [1.165, 1.54) is 11.0 Å². The average molecular weight is 636 g/mol. The number of rotatable bonds is 16. The third kappa shape index (κ3) is 10.1. The second kappa shape index (κ2) is 16.6. The van der Waals surface area contributed by atoms with Crippen LogP contribution in [0, 0.1) is 11.8 Å². The van der Waals surface area contributed by atoms with Crippen molar-refractivity contribution in [2.75, 3.05) is 31.5 Å². The molecule has 2 heterocycles. The first-order chi connectivity index (χ1) is 20.9. The van der Waals surface area contributed by atoms with Gasteiger partial charge in [-0.15, -0.1) is 0 Å². The number of carbonyl (C=O) groups excluding carboxylic acids is 2. The molecular formula is C30H49N7O6S. The van der Waals surface area contributed by atoms with E-state index in [1.807, 2.05) is 6.07 Å². The standard InChI is InChI=1S/C30H49N7O6S/c1-20(2)22-14-18-37(24(19-22)28(40)34-15-5-3-4-13-26(38)39)29(41)23(11-8-17-35-30(31)32)36-44(42,43)25-12-6-9-21-10-7-16-33-27(21)25/h6,9,12,20,22-24,33,36H,3-5,7-8,10-11,13-19H2,1-2H3,(H,34,40)(H,38,39)(H4,31,32,35). The summed E-state index contributed by atoms with van der Waals surface area (Å²) in [5.41, 5.74) is 12.4. The molecule has 0 spiro atoms. The molecule has 3 atom stereocenters. The minimum atomic E-state index is -4.12. The number of guanidine groups is 1. The molecule has 13 nitrogen and oxygen atoms in total. The van der Waals surface area contributed by atoms with Gasteiger partial charge < -0.3 is 32.1 Å². The van der Waals surface area contributed by atoms with Gasteiger partial charge in [0.05, 0.1) is 5.69 Å². The predicted molar refractivity (Wildman–Crippen MR) is 169 cm³/mol. The number of carboxylic acids is 1. The van der Waals surface area contributed by atoms with Gasteiger partial charge in [-0.2, -0.15) is 4.72 Å². The number of fused-ring (bicyclic) bond motifs is 1. The number of para-hydroxylation sites is 1. The molecule has 44 heavy (non-hydrogen) atoms. The highest BCUT2D eigenvalue weighted by Crippen LogP contribution is 2.32. The number of hydrogen-bond acceptors (Lipinski definition) is 7. The summed E-state index contributed by atoms with van der Waals surface area (Å²) in [6, 6.07) is 3.25. The molecule has 1 aromatic carbocycles. The van der Waals surface area contributed by atoms with E-state index in [1.54, 1.807) is 6.07 Å². The third-order valence-electron chi connectivity index (χ3n) is 8.41. The van der Waals surface area contributed by atoms with E-state index in [-0.39, 0.29) is 42.1 Å². The maximum absolute atomic E-state index is 14.2. The molecule has 0 aliphatic carbocycles. The Kier molecular flexibility index (Phi) is 13.3. The van der Waals surface area contributed by atoms with E-state index in [0.29, 0.717) is 69.8 Å². The van der Waals surface area contributed by atoms with Gasteiger partial charge in [-0.1, -0.05) is 32.4 Å². The van der Waals surface area contributed by atoms with Crippen molar-refractivity contribution in [2.24, 2.45) is 28.3 Å². The van der Waals surface area contributed by atoms with Crippen LogP contribution >= 0.6 is 0 Å². The number of piperidine rings is 1. The van der Waals surface area contributed by atoms with Crippen molar-refractivity contribution in [3.8, 4) is 0 Å². The van der Waals surface area contributed by atoms with Crippen molar-refractivity contribution in [1.29, 1.82) is 0 Å². The maximum atomic E-state index is 14.2. The van der Waals surface area contributed by atoms with Crippen LogP contribution in [-0.2, 0) is 30.8 Å². The van der Waals surface area contributed by atoms with Gasteiger partial charge in [0.15, 0.2) is 5.96 Å². The highest BCUT2D eigenvalue weighted by molar-refractivity contribution is 7.89. The van der Waals surface area contributed by atoms with Gasteiger partial charge in [0.1, 0.15) is 17.0 Å². The number of benzene rings is 1. The van der Waals surface area contributed by atoms with Gasteiger partial charge >= 0.3 is 5.97 Å². The Morgan fingerprint density at radius 3 is 2.64 bits per heavy atom. The normalized spacial score (nSPS) is 19.0. The summed E-state index contributed by atoms with van der Waals surface area (Å²) in [4.78, 5) is 44.0. The number of hydrogen-bond donors (Lipinski definition) is 6. The highest BCUT2D eigenvalue weighted by atomic mass is 32.2. The van der Waals surface area contributed by atoms with Crippen molar-refractivity contribution in [2.45, 2.75) is 95.0 Å². The number of nitrogens with two attached hydrogens (primary N) is 2.